The van der Waals surface area contributed by atoms with Crippen molar-refractivity contribution in [2.24, 2.45) is 15.1 Å². The number of hydrogen-bond acceptors (Lipinski definition) is 6. The van der Waals surface area contributed by atoms with Crippen molar-refractivity contribution < 1.29 is 13.5 Å². The summed E-state index contributed by atoms with van der Waals surface area (Å²) in [6.45, 7) is 7.87. The minimum Gasteiger partial charge on any atom is -0.497 e. The van der Waals surface area contributed by atoms with E-state index < -0.39 is 12.5 Å². The van der Waals surface area contributed by atoms with Crippen molar-refractivity contribution in [3.8, 4) is 5.75 Å². The lowest BCUT2D eigenvalue weighted by Gasteiger charge is -2.21. The van der Waals surface area contributed by atoms with Crippen LogP contribution in [-0.2, 0) is 0 Å². The summed E-state index contributed by atoms with van der Waals surface area (Å²) < 4.78 is 30.9. The van der Waals surface area contributed by atoms with Crippen molar-refractivity contribution in [2.75, 3.05) is 19.9 Å². The first-order chi connectivity index (χ1) is 17.4. The van der Waals surface area contributed by atoms with E-state index in [-0.39, 0.29) is 12.8 Å². The third kappa shape index (κ3) is 8.02. The van der Waals surface area contributed by atoms with Gasteiger partial charge in [-0.15, -0.1) is 11.8 Å². The van der Waals surface area contributed by atoms with Crippen LogP contribution in [0.1, 0.15) is 18.4 Å². The van der Waals surface area contributed by atoms with Crippen molar-refractivity contribution in [3.63, 3.8) is 0 Å². The van der Waals surface area contributed by atoms with E-state index in [0.717, 1.165) is 28.3 Å². The number of methoxy groups -OCH3 is 1. The van der Waals surface area contributed by atoms with Crippen LogP contribution in [0.4, 0.5) is 8.78 Å². The fourth-order valence-corrected chi connectivity index (χ4v) is 4.03. The predicted octanol–water partition coefficient (Wildman–Crippen LogP) is 6.71. The summed E-state index contributed by atoms with van der Waals surface area (Å²) in [6, 6.07) is 7.16. The first-order valence-corrected chi connectivity index (χ1v) is 12.5. The molecule has 0 fully saturated rings. The van der Waals surface area contributed by atoms with Gasteiger partial charge in [0.05, 0.1) is 29.8 Å². The third-order valence-electron chi connectivity index (χ3n) is 5.42. The van der Waals surface area contributed by atoms with Gasteiger partial charge in [-0.1, -0.05) is 31.4 Å². The van der Waals surface area contributed by atoms with Gasteiger partial charge in [0.15, 0.2) is 0 Å². The summed E-state index contributed by atoms with van der Waals surface area (Å²) in [4.78, 5) is 9.00. The number of likely N-dealkylation sites (N-methyl/N-ethyl adjacent to an activating group) is 1. The molecule has 188 valence electrons. The van der Waals surface area contributed by atoms with Crippen LogP contribution in [0.5, 0.6) is 5.75 Å². The maximum absolute atomic E-state index is 12.8. The van der Waals surface area contributed by atoms with Crippen LogP contribution >= 0.6 is 11.8 Å². The molecular weight excluding hydrogens is 478 g/mol. The van der Waals surface area contributed by atoms with Crippen molar-refractivity contribution in [1.29, 1.82) is 0 Å². The Morgan fingerprint density at radius 3 is 2.72 bits per heavy atom. The number of dihydropyridines is 1. The van der Waals surface area contributed by atoms with Gasteiger partial charge in [-0.3, -0.25) is 15.0 Å². The van der Waals surface area contributed by atoms with Crippen LogP contribution in [0.2, 0.25) is 0 Å². The largest absolute Gasteiger partial charge is 0.497 e. The average molecular weight is 509 g/mol. The molecule has 0 bridgehead atoms. The first kappa shape index (κ1) is 27.1. The number of nitrogens with zero attached hydrogens (tertiary/aromatic N) is 4. The van der Waals surface area contributed by atoms with Crippen molar-refractivity contribution in [2.45, 2.75) is 25.3 Å². The van der Waals surface area contributed by atoms with Gasteiger partial charge in [-0.25, -0.2) is 8.78 Å². The van der Waals surface area contributed by atoms with E-state index in [1.54, 1.807) is 41.6 Å². The second kappa shape index (κ2) is 13.5. The van der Waals surface area contributed by atoms with Crippen LogP contribution in [0.3, 0.4) is 0 Å². The van der Waals surface area contributed by atoms with Gasteiger partial charge in [-0.05, 0) is 66.1 Å². The Labute approximate surface area is 215 Å². The number of rotatable bonds is 9. The molecule has 0 aliphatic carbocycles. The molecule has 0 radical (unpaired) electrons. The van der Waals surface area contributed by atoms with E-state index in [0.29, 0.717) is 17.1 Å². The van der Waals surface area contributed by atoms with Gasteiger partial charge >= 0.3 is 0 Å². The molecule has 0 saturated heterocycles. The first-order valence-electron chi connectivity index (χ1n) is 11.4. The molecule has 0 N–H and O–H groups in total. The van der Waals surface area contributed by atoms with Crippen LogP contribution in [0, 0.1) is 0 Å². The lowest BCUT2D eigenvalue weighted by Crippen LogP contribution is -2.24. The maximum atomic E-state index is 12.8. The molecule has 0 amide bonds. The van der Waals surface area contributed by atoms with E-state index in [1.165, 1.54) is 0 Å². The molecule has 0 saturated carbocycles. The Kier molecular flexibility index (Phi) is 10.2. The highest BCUT2D eigenvalue weighted by Crippen LogP contribution is 2.23. The molecule has 2 heterocycles. The highest BCUT2D eigenvalue weighted by Gasteiger charge is 2.19. The van der Waals surface area contributed by atoms with Crippen LogP contribution in [-0.4, -0.2) is 54.4 Å². The summed E-state index contributed by atoms with van der Waals surface area (Å²) in [5.74, 6) is 1.49. The fraction of sp³-hybridized carbons (Fsp3) is 0.250. The molecule has 1 atom stereocenters. The van der Waals surface area contributed by atoms with E-state index in [1.807, 2.05) is 55.6 Å². The van der Waals surface area contributed by atoms with Gasteiger partial charge in [0.2, 0.25) is 6.43 Å². The number of hydrazone groups is 1. The minimum atomic E-state index is -2.38. The molecular formula is C28H30F2N4OS. The number of halogens is 2. The molecule has 36 heavy (non-hydrogen) atoms. The number of alkyl halides is 2. The molecule has 8 heteroatoms. The quantitative estimate of drug-likeness (QED) is 0.275. The standard InChI is InChI=1S/C28H30F2N4OS/c1-5-21(22-7-12-25(35-4)13-8-22)18-27-26(14-9-23(32-27)10-15-28(29)30)33-34(3)24-11-6-20(2)31-19-36-17-16-24/h5-9,11-14,16,18-19,27-28H,1-2,10,15,17H2,3-4H3/b11-6-,21-18+,24-16+,31-19-,33-26-. The van der Waals surface area contributed by atoms with Crippen LogP contribution < -0.4 is 4.74 Å². The number of hydrogen-bond donors (Lipinski definition) is 0. The SMILES string of the molecule is C=C/C(=C\C1N=C(CCC(F)F)C=C/C1=N/N(C)C1=C/CS/C=N\C(=C)/C=C\1)c1ccc(OC)cc1. The number of allylic oxidation sites excluding steroid dienone is 5. The van der Waals surface area contributed by atoms with E-state index in [9.17, 15) is 8.78 Å². The molecule has 2 aliphatic rings. The lowest BCUT2D eigenvalue weighted by molar-refractivity contribution is 0.140. The summed E-state index contributed by atoms with van der Waals surface area (Å²) in [6.07, 6.45) is 10.7. The Balaban J connectivity index is 1.95. The number of benzene rings is 1. The average Bonchev–Trinajstić information content (AvgIpc) is 2.99. The minimum absolute atomic E-state index is 0.195. The monoisotopic (exact) mass is 508 g/mol. The molecule has 5 nitrogen and oxygen atoms in total. The molecule has 1 unspecified atom stereocenters. The second-order valence-electron chi connectivity index (χ2n) is 7.95. The zero-order valence-corrected chi connectivity index (χ0v) is 21.3. The predicted molar refractivity (Wildman–Crippen MR) is 149 cm³/mol. The zero-order chi connectivity index (χ0) is 25.9. The summed E-state index contributed by atoms with van der Waals surface area (Å²) >= 11 is 1.56. The second-order valence-corrected chi connectivity index (χ2v) is 8.83. The molecule has 1 aromatic carbocycles. The van der Waals surface area contributed by atoms with E-state index >= 15 is 0 Å². The van der Waals surface area contributed by atoms with Crippen molar-refractivity contribution >= 4 is 34.3 Å². The summed E-state index contributed by atoms with van der Waals surface area (Å²) in [5, 5.41) is 6.59. The van der Waals surface area contributed by atoms with Crippen molar-refractivity contribution in [1.82, 2.24) is 5.01 Å². The number of aliphatic imine (C=N–C) groups is 2. The topological polar surface area (TPSA) is 49.5 Å². The maximum Gasteiger partial charge on any atom is 0.239 e. The van der Waals surface area contributed by atoms with Crippen LogP contribution in [0.15, 0.2) is 106 Å². The number of ether oxygens (including phenoxy) is 1. The smallest absolute Gasteiger partial charge is 0.239 e. The zero-order valence-electron chi connectivity index (χ0n) is 20.5. The fourth-order valence-electron chi connectivity index (χ4n) is 3.47. The Hall–Kier alpha value is -3.52. The van der Waals surface area contributed by atoms with E-state index in [4.69, 9.17) is 14.8 Å². The van der Waals surface area contributed by atoms with Gasteiger partial charge in [-0.2, -0.15) is 5.10 Å². The highest BCUT2D eigenvalue weighted by molar-refractivity contribution is 8.12. The molecule has 0 aromatic heterocycles. The van der Waals surface area contributed by atoms with Gasteiger partial charge in [0.25, 0.3) is 0 Å². The molecule has 2 aliphatic heterocycles. The highest BCUT2D eigenvalue weighted by atomic mass is 32.2. The summed E-state index contributed by atoms with van der Waals surface area (Å²) in [5.41, 5.74) is 6.40. The van der Waals surface area contributed by atoms with Crippen molar-refractivity contribution in [3.05, 3.63) is 96.9 Å². The van der Waals surface area contributed by atoms with E-state index in [2.05, 4.69) is 24.2 Å². The lowest BCUT2D eigenvalue weighted by atomic mass is 9.99. The summed E-state index contributed by atoms with van der Waals surface area (Å²) in [7, 11) is 3.48. The van der Waals surface area contributed by atoms with Gasteiger partial charge < -0.3 is 4.74 Å². The molecule has 3 rings (SSSR count). The normalized spacial score (nSPS) is 22.7. The van der Waals surface area contributed by atoms with Gasteiger partial charge in [0, 0.05) is 24.9 Å². The Morgan fingerprint density at radius 2 is 2.03 bits per heavy atom. The Morgan fingerprint density at radius 1 is 1.25 bits per heavy atom. The number of thioether (sulfide) groups is 1. The van der Waals surface area contributed by atoms with Crippen LogP contribution in [0.25, 0.3) is 5.57 Å². The Bertz CT molecular complexity index is 1160. The van der Waals surface area contributed by atoms with Gasteiger partial charge in [0.1, 0.15) is 11.8 Å². The third-order valence-corrected chi connectivity index (χ3v) is 6.03. The molecule has 0 spiro atoms. The molecule has 1 aromatic rings.